The van der Waals surface area contributed by atoms with Gasteiger partial charge in [-0.1, -0.05) is 24.8 Å². The Bertz CT molecular complexity index is 279. The van der Waals surface area contributed by atoms with Gasteiger partial charge in [0.25, 0.3) is 0 Å². The fourth-order valence-electron chi connectivity index (χ4n) is 0.699. The van der Waals surface area contributed by atoms with Crippen molar-refractivity contribution >= 4 is 6.08 Å². The van der Waals surface area contributed by atoms with Crippen LogP contribution in [-0.4, -0.2) is 4.98 Å². The van der Waals surface area contributed by atoms with Crippen LogP contribution in [0.1, 0.15) is 5.56 Å². The molecule has 0 amide bonds. The van der Waals surface area contributed by atoms with E-state index >= 15 is 0 Å². The Balaban J connectivity index is 2.87. The molecular formula is C9H8FN. The lowest BCUT2D eigenvalue weighted by Gasteiger charge is -1.90. The molecule has 56 valence electrons. The van der Waals surface area contributed by atoms with Gasteiger partial charge >= 0.3 is 0 Å². The van der Waals surface area contributed by atoms with Crippen LogP contribution in [0, 0.1) is 5.82 Å². The summed E-state index contributed by atoms with van der Waals surface area (Å²) in [4.78, 5) is 3.68. The fraction of sp³-hybridized carbons (Fsp3) is 0. The van der Waals surface area contributed by atoms with Gasteiger partial charge in [-0.15, -0.1) is 0 Å². The molecule has 1 rings (SSSR count). The van der Waals surface area contributed by atoms with E-state index in [1.165, 1.54) is 12.3 Å². The molecule has 0 atom stereocenters. The van der Waals surface area contributed by atoms with Crippen molar-refractivity contribution in [3.05, 3.63) is 48.6 Å². The van der Waals surface area contributed by atoms with Gasteiger partial charge in [0.15, 0.2) is 0 Å². The third kappa shape index (κ3) is 2.34. The number of rotatable bonds is 2. The molecule has 1 heterocycles. The summed E-state index contributed by atoms with van der Waals surface area (Å²) in [5, 5.41) is 0. The van der Waals surface area contributed by atoms with Crippen molar-refractivity contribution in [2.45, 2.75) is 0 Å². The SMILES string of the molecule is C=C/C=C/c1cncc(F)c1. The van der Waals surface area contributed by atoms with Crippen LogP contribution in [-0.2, 0) is 0 Å². The monoisotopic (exact) mass is 149 g/mol. The highest BCUT2D eigenvalue weighted by atomic mass is 19.1. The summed E-state index contributed by atoms with van der Waals surface area (Å²) in [5.41, 5.74) is 0.741. The highest BCUT2D eigenvalue weighted by Crippen LogP contribution is 2.02. The van der Waals surface area contributed by atoms with Crippen molar-refractivity contribution in [1.29, 1.82) is 0 Å². The van der Waals surface area contributed by atoms with Crippen molar-refractivity contribution in [2.75, 3.05) is 0 Å². The molecule has 0 aliphatic heterocycles. The Kier molecular flexibility index (Phi) is 2.55. The lowest BCUT2D eigenvalue weighted by atomic mass is 10.2. The third-order valence-electron chi connectivity index (χ3n) is 1.15. The Morgan fingerprint density at radius 2 is 2.27 bits per heavy atom. The maximum atomic E-state index is 12.5. The molecule has 0 aliphatic carbocycles. The second-order valence-electron chi connectivity index (χ2n) is 2.03. The molecule has 0 saturated heterocycles. The molecule has 0 aliphatic rings. The molecule has 11 heavy (non-hydrogen) atoms. The van der Waals surface area contributed by atoms with Crippen LogP contribution in [0.3, 0.4) is 0 Å². The molecule has 0 spiro atoms. The van der Waals surface area contributed by atoms with Gasteiger partial charge in [-0.3, -0.25) is 4.98 Å². The Morgan fingerprint density at radius 1 is 1.45 bits per heavy atom. The number of nitrogens with zero attached hydrogens (tertiary/aromatic N) is 1. The van der Waals surface area contributed by atoms with Gasteiger partial charge in [0.05, 0.1) is 6.20 Å². The van der Waals surface area contributed by atoms with Crippen molar-refractivity contribution in [2.24, 2.45) is 0 Å². The molecule has 1 aromatic heterocycles. The number of aromatic nitrogens is 1. The van der Waals surface area contributed by atoms with Gasteiger partial charge in [0.1, 0.15) is 5.82 Å². The van der Waals surface area contributed by atoms with E-state index < -0.39 is 0 Å². The van der Waals surface area contributed by atoms with E-state index in [0.717, 1.165) is 5.56 Å². The minimum absolute atomic E-state index is 0.323. The summed E-state index contributed by atoms with van der Waals surface area (Å²) in [5.74, 6) is -0.323. The molecule has 0 fully saturated rings. The van der Waals surface area contributed by atoms with Crippen molar-refractivity contribution in [3.8, 4) is 0 Å². The minimum Gasteiger partial charge on any atom is -0.261 e. The van der Waals surface area contributed by atoms with Crippen LogP contribution in [0.2, 0.25) is 0 Å². The van der Waals surface area contributed by atoms with E-state index in [2.05, 4.69) is 11.6 Å². The highest BCUT2D eigenvalue weighted by Gasteiger charge is 1.89. The predicted molar refractivity (Wildman–Crippen MR) is 43.4 cm³/mol. The topological polar surface area (TPSA) is 12.9 Å². The Morgan fingerprint density at radius 3 is 2.91 bits per heavy atom. The average Bonchev–Trinajstić information content (AvgIpc) is 2.01. The molecule has 0 aromatic carbocycles. The summed E-state index contributed by atoms with van der Waals surface area (Å²) in [6, 6.07) is 1.41. The standard InChI is InChI=1S/C9H8FN/c1-2-3-4-8-5-9(10)7-11-6-8/h2-7H,1H2/b4-3+. The number of hydrogen-bond acceptors (Lipinski definition) is 1. The minimum atomic E-state index is -0.323. The summed E-state index contributed by atoms with van der Waals surface area (Å²) in [7, 11) is 0. The summed E-state index contributed by atoms with van der Waals surface area (Å²) >= 11 is 0. The molecule has 0 bridgehead atoms. The lowest BCUT2D eigenvalue weighted by molar-refractivity contribution is 0.621. The van der Waals surface area contributed by atoms with E-state index in [0.29, 0.717) is 0 Å². The molecule has 2 heteroatoms. The van der Waals surface area contributed by atoms with Crippen molar-refractivity contribution in [1.82, 2.24) is 4.98 Å². The van der Waals surface area contributed by atoms with Gasteiger partial charge in [-0.25, -0.2) is 4.39 Å². The first-order valence-electron chi connectivity index (χ1n) is 3.22. The van der Waals surface area contributed by atoms with Crippen LogP contribution in [0.5, 0.6) is 0 Å². The fourth-order valence-corrected chi connectivity index (χ4v) is 0.699. The first kappa shape index (κ1) is 7.66. The molecule has 0 N–H and O–H groups in total. The summed E-state index contributed by atoms with van der Waals surface area (Å²) < 4.78 is 12.5. The van der Waals surface area contributed by atoms with Crippen LogP contribution in [0.4, 0.5) is 4.39 Å². The van der Waals surface area contributed by atoms with Gasteiger partial charge < -0.3 is 0 Å². The molecule has 0 radical (unpaired) electrons. The van der Waals surface area contributed by atoms with Crippen LogP contribution in [0.25, 0.3) is 6.08 Å². The van der Waals surface area contributed by atoms with E-state index in [4.69, 9.17) is 0 Å². The number of allylic oxidation sites excluding steroid dienone is 2. The zero-order chi connectivity index (χ0) is 8.10. The number of hydrogen-bond donors (Lipinski definition) is 0. The first-order valence-corrected chi connectivity index (χ1v) is 3.22. The Labute approximate surface area is 64.9 Å². The average molecular weight is 149 g/mol. The Hall–Kier alpha value is -1.44. The largest absolute Gasteiger partial charge is 0.261 e. The van der Waals surface area contributed by atoms with E-state index in [1.807, 2.05) is 0 Å². The summed E-state index contributed by atoms with van der Waals surface area (Å²) in [6.45, 7) is 3.50. The quantitative estimate of drug-likeness (QED) is 0.588. The van der Waals surface area contributed by atoms with Crippen LogP contribution < -0.4 is 0 Å². The van der Waals surface area contributed by atoms with Gasteiger partial charge in [-0.05, 0) is 11.6 Å². The first-order chi connectivity index (χ1) is 5.33. The highest BCUT2D eigenvalue weighted by molar-refractivity contribution is 5.49. The smallest absolute Gasteiger partial charge is 0.142 e. The van der Waals surface area contributed by atoms with Gasteiger partial charge in [0.2, 0.25) is 0 Å². The summed E-state index contributed by atoms with van der Waals surface area (Å²) in [6.07, 6.45) is 7.86. The number of pyridine rings is 1. The van der Waals surface area contributed by atoms with E-state index in [1.54, 1.807) is 24.4 Å². The maximum absolute atomic E-state index is 12.5. The second kappa shape index (κ2) is 3.66. The van der Waals surface area contributed by atoms with Crippen molar-refractivity contribution in [3.63, 3.8) is 0 Å². The predicted octanol–water partition coefficient (Wildman–Crippen LogP) is 2.42. The van der Waals surface area contributed by atoms with Crippen LogP contribution in [0.15, 0.2) is 37.2 Å². The molecule has 0 unspecified atom stereocenters. The third-order valence-corrected chi connectivity index (χ3v) is 1.15. The molecular weight excluding hydrogens is 141 g/mol. The number of halogens is 1. The van der Waals surface area contributed by atoms with Crippen molar-refractivity contribution < 1.29 is 4.39 Å². The van der Waals surface area contributed by atoms with E-state index in [-0.39, 0.29) is 5.82 Å². The van der Waals surface area contributed by atoms with Crippen LogP contribution >= 0.6 is 0 Å². The normalized spacial score (nSPS) is 10.3. The molecule has 1 nitrogen and oxygen atoms in total. The second-order valence-corrected chi connectivity index (χ2v) is 2.03. The van der Waals surface area contributed by atoms with Gasteiger partial charge in [0, 0.05) is 6.20 Å². The van der Waals surface area contributed by atoms with Gasteiger partial charge in [-0.2, -0.15) is 0 Å². The van der Waals surface area contributed by atoms with E-state index in [9.17, 15) is 4.39 Å². The molecule has 1 aromatic rings. The molecule has 0 saturated carbocycles. The lowest BCUT2D eigenvalue weighted by Crippen LogP contribution is -1.79. The zero-order valence-corrected chi connectivity index (χ0v) is 6.00. The maximum Gasteiger partial charge on any atom is 0.142 e. The zero-order valence-electron chi connectivity index (χ0n) is 6.00.